The van der Waals surface area contributed by atoms with E-state index in [9.17, 15) is 9.59 Å². The first kappa shape index (κ1) is 34.4. The van der Waals surface area contributed by atoms with Gasteiger partial charge in [-0.05, 0) is 92.0 Å². The molecule has 0 fully saturated rings. The van der Waals surface area contributed by atoms with Gasteiger partial charge < -0.3 is 18.8 Å². The molecule has 0 saturated carbocycles. The van der Waals surface area contributed by atoms with E-state index in [-0.39, 0.29) is 24.5 Å². The number of carbonyl (C=O) groups excluding carboxylic acids is 1. The summed E-state index contributed by atoms with van der Waals surface area (Å²) < 4.78 is 16.9. The Labute approximate surface area is 287 Å². The number of fused-ring (bicyclic) bond motifs is 4. The summed E-state index contributed by atoms with van der Waals surface area (Å²) in [5, 5.41) is 0.840. The summed E-state index contributed by atoms with van der Waals surface area (Å²) in [4.78, 5) is 26.0. The summed E-state index contributed by atoms with van der Waals surface area (Å²) in [6.07, 6.45) is 8.17. The summed E-state index contributed by atoms with van der Waals surface area (Å²) in [6, 6.07) is 33.0. The van der Waals surface area contributed by atoms with Crippen LogP contribution in [0, 0.1) is 0 Å². The maximum atomic E-state index is 12.4. The van der Waals surface area contributed by atoms with E-state index >= 15 is 0 Å². The predicted molar refractivity (Wildman–Crippen MR) is 196 cm³/mol. The molecule has 5 aromatic rings. The van der Waals surface area contributed by atoms with Crippen molar-refractivity contribution in [2.45, 2.75) is 38.4 Å². The molecule has 0 spiro atoms. The minimum atomic E-state index is -0.820. The van der Waals surface area contributed by atoms with E-state index < -0.39 is 11.2 Å². The summed E-state index contributed by atoms with van der Waals surface area (Å²) in [7, 11) is 4.24. The van der Waals surface area contributed by atoms with Crippen LogP contribution in [0.1, 0.15) is 58.4 Å². The average molecular weight is 662 g/mol. The highest BCUT2D eigenvalue weighted by molar-refractivity contribution is 5.93. The van der Waals surface area contributed by atoms with Crippen LogP contribution in [0.5, 0.6) is 5.75 Å². The fourth-order valence-electron chi connectivity index (χ4n) is 5.92. The second-order valence-electron chi connectivity index (χ2n) is 12.6. The molecule has 0 saturated heterocycles. The molecule has 1 aliphatic heterocycles. The maximum absolute atomic E-state index is 12.4. The molecule has 6 nitrogen and oxygen atoms in total. The van der Waals surface area contributed by atoms with Crippen LogP contribution >= 0.6 is 12.4 Å². The van der Waals surface area contributed by atoms with Gasteiger partial charge in [-0.3, -0.25) is 0 Å². The number of carbonyl (C=O) groups is 1. The molecule has 0 bridgehead atoms. The Balaban J connectivity index is 0.000000188. The molecule has 0 amide bonds. The normalized spacial score (nSPS) is 14.4. The van der Waals surface area contributed by atoms with Crippen molar-refractivity contribution in [2.24, 2.45) is 0 Å². The lowest BCUT2D eigenvalue weighted by Crippen LogP contribution is -2.43. The minimum absolute atomic E-state index is 0. The van der Waals surface area contributed by atoms with E-state index in [0.29, 0.717) is 23.3 Å². The molecule has 1 aromatic heterocycles. The van der Waals surface area contributed by atoms with Gasteiger partial charge in [-0.1, -0.05) is 85.0 Å². The van der Waals surface area contributed by atoms with Crippen molar-refractivity contribution in [3.63, 3.8) is 0 Å². The van der Waals surface area contributed by atoms with E-state index in [1.54, 1.807) is 36.4 Å². The van der Waals surface area contributed by atoms with E-state index in [1.165, 1.54) is 33.9 Å². The Morgan fingerprint density at radius 1 is 0.875 bits per heavy atom. The van der Waals surface area contributed by atoms with Gasteiger partial charge in [-0.15, -0.1) is 12.4 Å². The summed E-state index contributed by atoms with van der Waals surface area (Å²) in [5.41, 5.74) is 7.38. The van der Waals surface area contributed by atoms with Gasteiger partial charge in [-0.25, -0.2) is 9.59 Å². The van der Waals surface area contributed by atoms with Gasteiger partial charge in [0.2, 0.25) is 0 Å². The highest BCUT2D eigenvalue weighted by atomic mass is 35.5. The van der Waals surface area contributed by atoms with Crippen molar-refractivity contribution in [1.29, 1.82) is 0 Å². The smallest absolute Gasteiger partial charge is 0.338 e. The standard InChI is InChI=1S/C21H18O5.C20H21N.ClH/c1-21(2,26-20(23)13-6-4-3-5-7-13)18-11-15-10-14-8-9-19(22)25-16(14)12-17(15)24-18;1-21(2)15-7-12-20-18-10-5-3-8-16(18)13-14-17-9-4-6-11-19(17)20;/h3-10,12,18H,11H2,1-2H3;3-6,8-14H,7,15H2,1-2H3;1H. The molecule has 0 N–H and O–H groups in total. The Kier molecular flexibility index (Phi) is 10.7. The third-order valence-corrected chi connectivity index (χ3v) is 8.49. The maximum Gasteiger partial charge on any atom is 0.338 e. The first-order valence-electron chi connectivity index (χ1n) is 15.9. The number of hydrogen-bond donors (Lipinski definition) is 0. The van der Waals surface area contributed by atoms with Crippen molar-refractivity contribution in [3.05, 3.63) is 153 Å². The van der Waals surface area contributed by atoms with Crippen molar-refractivity contribution < 1.29 is 18.7 Å². The number of benzene rings is 4. The van der Waals surface area contributed by atoms with Crippen molar-refractivity contribution in [3.8, 4) is 5.75 Å². The second kappa shape index (κ2) is 14.9. The zero-order valence-electron chi connectivity index (χ0n) is 27.6. The van der Waals surface area contributed by atoms with Crippen LogP contribution < -0.4 is 10.4 Å². The number of hydrogen-bond acceptors (Lipinski definition) is 6. The molecule has 48 heavy (non-hydrogen) atoms. The largest absolute Gasteiger partial charge is 0.485 e. The van der Waals surface area contributed by atoms with Gasteiger partial charge in [0.15, 0.2) is 0 Å². The summed E-state index contributed by atoms with van der Waals surface area (Å²) in [5.74, 6) is 0.270. The van der Waals surface area contributed by atoms with Crippen LogP contribution in [0.4, 0.5) is 0 Å². The topological polar surface area (TPSA) is 69.0 Å². The van der Waals surface area contributed by atoms with E-state index in [0.717, 1.165) is 23.9 Å². The van der Waals surface area contributed by atoms with Crippen molar-refractivity contribution in [2.75, 3.05) is 20.6 Å². The average Bonchev–Trinajstić information content (AvgIpc) is 3.42. The van der Waals surface area contributed by atoms with Gasteiger partial charge >= 0.3 is 11.6 Å². The molecular formula is C41H40ClNO5. The number of halogens is 1. The molecule has 0 radical (unpaired) electrons. The van der Waals surface area contributed by atoms with E-state index in [4.69, 9.17) is 13.9 Å². The van der Waals surface area contributed by atoms with Gasteiger partial charge in [0.1, 0.15) is 23.0 Å². The van der Waals surface area contributed by atoms with Gasteiger partial charge in [-0.2, -0.15) is 0 Å². The SMILES string of the molecule is CC(C)(OC(=O)c1ccccc1)C1Cc2cc3ccc(=O)oc3cc2O1.CN(C)CCC=C1c2ccccc2C=Cc2ccccc21.Cl. The number of esters is 1. The fraction of sp³-hybridized carbons (Fsp3) is 0.220. The zero-order chi connectivity index (χ0) is 33.0. The van der Waals surface area contributed by atoms with Crippen molar-refractivity contribution in [1.82, 2.24) is 4.90 Å². The molecule has 1 unspecified atom stereocenters. The highest BCUT2D eigenvalue weighted by Crippen LogP contribution is 2.37. The Bertz CT molecular complexity index is 1970. The molecule has 246 valence electrons. The first-order valence-corrected chi connectivity index (χ1v) is 15.9. The van der Waals surface area contributed by atoms with E-state index in [2.05, 4.69) is 85.8 Å². The monoisotopic (exact) mass is 661 g/mol. The minimum Gasteiger partial charge on any atom is -0.485 e. The van der Waals surface area contributed by atoms with Crippen LogP contribution in [0.2, 0.25) is 0 Å². The number of rotatable bonds is 6. The van der Waals surface area contributed by atoms with Gasteiger partial charge in [0.25, 0.3) is 0 Å². The Hall–Kier alpha value is -4.91. The van der Waals surface area contributed by atoms with Crippen LogP contribution in [-0.2, 0) is 11.2 Å². The van der Waals surface area contributed by atoms with Crippen molar-refractivity contribution >= 4 is 47.1 Å². The number of ether oxygens (including phenoxy) is 2. The van der Waals surface area contributed by atoms with Crippen LogP contribution in [0.15, 0.2) is 118 Å². The third-order valence-electron chi connectivity index (χ3n) is 8.49. The molecular weight excluding hydrogens is 622 g/mol. The quantitative estimate of drug-likeness (QED) is 0.131. The molecule has 7 heteroatoms. The fourth-order valence-corrected chi connectivity index (χ4v) is 5.92. The second-order valence-corrected chi connectivity index (χ2v) is 12.6. The molecule has 4 aromatic carbocycles. The van der Waals surface area contributed by atoms with Gasteiger partial charge in [0, 0.05) is 30.5 Å². The zero-order valence-corrected chi connectivity index (χ0v) is 28.5. The lowest BCUT2D eigenvalue weighted by Gasteiger charge is -2.30. The van der Waals surface area contributed by atoms with Crippen LogP contribution in [0.25, 0.3) is 28.7 Å². The lowest BCUT2D eigenvalue weighted by atomic mass is 9.93. The Morgan fingerprint density at radius 3 is 2.15 bits per heavy atom. The molecule has 7 rings (SSSR count). The predicted octanol–water partition coefficient (Wildman–Crippen LogP) is 8.71. The highest BCUT2D eigenvalue weighted by Gasteiger charge is 2.40. The van der Waals surface area contributed by atoms with E-state index in [1.807, 2.05) is 26.0 Å². The molecule has 2 aliphatic rings. The molecule has 2 heterocycles. The summed E-state index contributed by atoms with van der Waals surface area (Å²) in [6.45, 7) is 4.75. The van der Waals surface area contributed by atoms with Crippen LogP contribution in [0.3, 0.4) is 0 Å². The van der Waals surface area contributed by atoms with Gasteiger partial charge in [0.05, 0.1) is 5.56 Å². The molecule has 1 atom stereocenters. The lowest BCUT2D eigenvalue weighted by molar-refractivity contribution is -0.0517. The number of nitrogens with zero attached hydrogens (tertiary/aromatic N) is 1. The first-order chi connectivity index (χ1) is 22.7. The Morgan fingerprint density at radius 2 is 1.50 bits per heavy atom. The third kappa shape index (κ3) is 7.79. The summed E-state index contributed by atoms with van der Waals surface area (Å²) >= 11 is 0. The van der Waals surface area contributed by atoms with Crippen LogP contribution in [-0.4, -0.2) is 43.2 Å². The molecule has 1 aliphatic carbocycles.